The second-order valence-electron chi connectivity index (χ2n) is 8.70. The van der Waals surface area contributed by atoms with Crippen LogP contribution < -0.4 is 10.6 Å². The monoisotopic (exact) mass is 516 g/mol. The van der Waals surface area contributed by atoms with Crippen molar-refractivity contribution in [1.29, 1.82) is 0 Å². The second-order valence-corrected chi connectivity index (χ2v) is 9.51. The predicted octanol–water partition coefficient (Wildman–Crippen LogP) is 6.08. The summed E-state index contributed by atoms with van der Waals surface area (Å²) in [5.74, 6) is 0.321. The van der Waals surface area contributed by atoms with Gasteiger partial charge in [0.25, 0.3) is 0 Å². The standard InChI is InChI=1S/C25H24Cl2F2N6/c26-19-2-1-3-20(27)22(19)24-33-21-14-32-25(31-13-16-10-17(28)12-18(29)11-16)34-23(21)35(24)9-6-15-4-7-30-8-5-15/h1-3,10-12,14-15,30H,4-9,13H2,(H,31,32,34). The van der Waals surface area contributed by atoms with Gasteiger partial charge in [0.1, 0.15) is 23.0 Å². The van der Waals surface area contributed by atoms with E-state index in [9.17, 15) is 8.78 Å². The molecule has 3 heterocycles. The van der Waals surface area contributed by atoms with Gasteiger partial charge in [0.05, 0.1) is 21.8 Å². The van der Waals surface area contributed by atoms with Crippen LogP contribution in [0, 0.1) is 17.6 Å². The highest BCUT2D eigenvalue weighted by atomic mass is 35.5. The number of rotatable bonds is 7. The number of piperidine rings is 1. The first kappa shape index (κ1) is 23.9. The summed E-state index contributed by atoms with van der Waals surface area (Å²) in [7, 11) is 0. The number of aryl methyl sites for hydroxylation is 1. The fourth-order valence-electron chi connectivity index (χ4n) is 4.49. The van der Waals surface area contributed by atoms with Crippen molar-refractivity contribution in [2.45, 2.75) is 32.4 Å². The van der Waals surface area contributed by atoms with Crippen LogP contribution in [0.1, 0.15) is 24.8 Å². The molecule has 0 spiro atoms. The zero-order valence-corrected chi connectivity index (χ0v) is 20.4. The third-order valence-electron chi connectivity index (χ3n) is 6.27. The summed E-state index contributed by atoms with van der Waals surface area (Å²) < 4.78 is 29.1. The molecule has 0 radical (unpaired) electrons. The summed E-state index contributed by atoms with van der Waals surface area (Å²) in [5, 5.41) is 7.48. The number of halogens is 4. The Morgan fingerprint density at radius 1 is 1.03 bits per heavy atom. The SMILES string of the molecule is Fc1cc(F)cc(CNc2ncc3nc(-c4c(Cl)cccc4Cl)n(CCC4CCNCC4)c3n2)c1. The van der Waals surface area contributed by atoms with Crippen LogP contribution >= 0.6 is 23.2 Å². The zero-order chi connectivity index (χ0) is 24.4. The lowest BCUT2D eigenvalue weighted by atomic mass is 9.95. The largest absolute Gasteiger partial charge is 0.350 e. The molecule has 0 atom stereocenters. The summed E-state index contributed by atoms with van der Waals surface area (Å²) in [6.07, 6.45) is 4.85. The minimum Gasteiger partial charge on any atom is -0.350 e. The number of hydrogen-bond acceptors (Lipinski definition) is 5. The first-order chi connectivity index (χ1) is 17.0. The van der Waals surface area contributed by atoms with Gasteiger partial charge in [0.2, 0.25) is 5.95 Å². The number of hydrogen-bond donors (Lipinski definition) is 2. The first-order valence-corrected chi connectivity index (χ1v) is 12.3. The van der Waals surface area contributed by atoms with Gasteiger partial charge in [-0.3, -0.25) is 0 Å². The number of anilines is 1. The summed E-state index contributed by atoms with van der Waals surface area (Å²) in [6, 6.07) is 8.76. The second kappa shape index (κ2) is 10.4. The normalized spacial score (nSPS) is 14.5. The lowest BCUT2D eigenvalue weighted by Crippen LogP contribution is -2.28. The van der Waals surface area contributed by atoms with E-state index in [1.807, 2.05) is 4.57 Å². The van der Waals surface area contributed by atoms with E-state index in [1.54, 1.807) is 24.4 Å². The third kappa shape index (κ3) is 5.39. The van der Waals surface area contributed by atoms with E-state index in [0.29, 0.717) is 56.6 Å². The average molecular weight is 517 g/mol. The number of fused-ring (bicyclic) bond motifs is 1. The fourth-order valence-corrected chi connectivity index (χ4v) is 5.06. The highest BCUT2D eigenvalue weighted by Gasteiger charge is 2.21. The first-order valence-electron chi connectivity index (χ1n) is 11.5. The minimum atomic E-state index is -0.629. The van der Waals surface area contributed by atoms with Crippen molar-refractivity contribution in [3.8, 4) is 11.4 Å². The molecule has 2 aromatic heterocycles. The molecular formula is C25H24Cl2F2N6. The summed E-state index contributed by atoms with van der Waals surface area (Å²) in [6.45, 7) is 2.92. The van der Waals surface area contributed by atoms with Gasteiger partial charge in [-0.05, 0) is 68.1 Å². The molecule has 0 bridgehead atoms. The third-order valence-corrected chi connectivity index (χ3v) is 6.90. The smallest absolute Gasteiger partial charge is 0.225 e. The molecule has 0 saturated carbocycles. The van der Waals surface area contributed by atoms with Gasteiger partial charge in [-0.1, -0.05) is 29.3 Å². The molecule has 1 saturated heterocycles. The molecule has 1 aliphatic rings. The van der Waals surface area contributed by atoms with Crippen molar-refractivity contribution in [3.63, 3.8) is 0 Å². The lowest BCUT2D eigenvalue weighted by Gasteiger charge is -2.23. The molecule has 182 valence electrons. The number of nitrogens with one attached hydrogen (secondary N) is 2. The van der Waals surface area contributed by atoms with E-state index in [-0.39, 0.29) is 6.54 Å². The Morgan fingerprint density at radius 2 is 1.74 bits per heavy atom. The number of nitrogens with zero attached hydrogens (tertiary/aromatic N) is 4. The van der Waals surface area contributed by atoms with Crippen molar-refractivity contribution in [3.05, 3.63) is 69.8 Å². The van der Waals surface area contributed by atoms with Crippen LogP contribution in [0.25, 0.3) is 22.6 Å². The summed E-state index contributed by atoms with van der Waals surface area (Å²) >= 11 is 13.1. The van der Waals surface area contributed by atoms with Crippen LogP contribution in [0.5, 0.6) is 0 Å². The molecule has 6 nitrogen and oxygen atoms in total. The molecule has 2 aromatic carbocycles. The predicted molar refractivity (Wildman–Crippen MR) is 135 cm³/mol. The molecule has 5 rings (SSSR count). The molecule has 4 aromatic rings. The number of imidazole rings is 1. The lowest BCUT2D eigenvalue weighted by molar-refractivity contribution is 0.339. The summed E-state index contributed by atoms with van der Waals surface area (Å²) in [5.41, 5.74) is 2.37. The molecule has 0 aliphatic carbocycles. The van der Waals surface area contributed by atoms with Crippen molar-refractivity contribution in [2.24, 2.45) is 5.92 Å². The molecule has 0 amide bonds. The molecule has 0 unspecified atom stereocenters. The van der Waals surface area contributed by atoms with Crippen LogP contribution in [0.2, 0.25) is 10.0 Å². The molecule has 1 aliphatic heterocycles. The molecular weight excluding hydrogens is 493 g/mol. The van der Waals surface area contributed by atoms with Gasteiger partial charge in [-0.25, -0.2) is 18.7 Å². The fraction of sp³-hybridized carbons (Fsp3) is 0.320. The highest BCUT2D eigenvalue weighted by Crippen LogP contribution is 2.36. The van der Waals surface area contributed by atoms with Gasteiger partial charge in [0, 0.05) is 19.2 Å². The number of benzene rings is 2. The van der Waals surface area contributed by atoms with Crippen LogP contribution in [-0.4, -0.2) is 32.6 Å². The van der Waals surface area contributed by atoms with E-state index in [2.05, 4.69) is 15.6 Å². The maximum Gasteiger partial charge on any atom is 0.225 e. The Morgan fingerprint density at radius 3 is 2.46 bits per heavy atom. The minimum absolute atomic E-state index is 0.173. The van der Waals surface area contributed by atoms with Crippen LogP contribution in [0.15, 0.2) is 42.6 Å². The molecule has 35 heavy (non-hydrogen) atoms. The Balaban J connectivity index is 1.49. The Hall–Kier alpha value is -2.81. The van der Waals surface area contributed by atoms with Gasteiger partial charge in [0.15, 0.2) is 5.65 Å². The van der Waals surface area contributed by atoms with Gasteiger partial charge >= 0.3 is 0 Å². The van der Waals surface area contributed by atoms with Crippen LogP contribution in [0.3, 0.4) is 0 Å². The van der Waals surface area contributed by atoms with E-state index in [0.717, 1.165) is 38.4 Å². The maximum atomic E-state index is 13.5. The van der Waals surface area contributed by atoms with E-state index < -0.39 is 11.6 Å². The summed E-state index contributed by atoms with van der Waals surface area (Å²) in [4.78, 5) is 13.8. The topological polar surface area (TPSA) is 67.7 Å². The maximum absolute atomic E-state index is 13.5. The quantitative estimate of drug-likeness (QED) is 0.311. The Labute approximate surface area is 211 Å². The van der Waals surface area contributed by atoms with Crippen molar-refractivity contribution >= 4 is 40.3 Å². The Kier molecular flexibility index (Phi) is 7.13. The zero-order valence-electron chi connectivity index (χ0n) is 18.9. The van der Waals surface area contributed by atoms with Gasteiger partial charge < -0.3 is 15.2 Å². The molecule has 2 N–H and O–H groups in total. The van der Waals surface area contributed by atoms with Crippen molar-refractivity contribution < 1.29 is 8.78 Å². The van der Waals surface area contributed by atoms with E-state index in [1.165, 1.54) is 12.1 Å². The van der Waals surface area contributed by atoms with Crippen molar-refractivity contribution in [2.75, 3.05) is 18.4 Å². The van der Waals surface area contributed by atoms with E-state index >= 15 is 0 Å². The Bertz CT molecular complexity index is 1310. The average Bonchev–Trinajstić information content (AvgIpc) is 3.18. The van der Waals surface area contributed by atoms with Gasteiger partial charge in [-0.2, -0.15) is 4.98 Å². The molecule has 1 fully saturated rings. The number of aromatic nitrogens is 4. The van der Waals surface area contributed by atoms with E-state index in [4.69, 9.17) is 33.2 Å². The van der Waals surface area contributed by atoms with Crippen LogP contribution in [-0.2, 0) is 13.1 Å². The van der Waals surface area contributed by atoms with Crippen LogP contribution in [0.4, 0.5) is 14.7 Å². The highest BCUT2D eigenvalue weighted by molar-refractivity contribution is 6.39. The van der Waals surface area contributed by atoms with Gasteiger partial charge in [-0.15, -0.1) is 0 Å². The molecule has 10 heteroatoms. The van der Waals surface area contributed by atoms with Crippen molar-refractivity contribution in [1.82, 2.24) is 24.8 Å².